The number of hydrogen-bond donors (Lipinski definition) is 0. The Hall–Kier alpha value is -1.32. The van der Waals surface area contributed by atoms with Crippen LogP contribution < -0.4 is 0 Å². The summed E-state index contributed by atoms with van der Waals surface area (Å²) in [6.45, 7) is 4.19. The van der Waals surface area contributed by atoms with Crippen molar-refractivity contribution < 1.29 is 0 Å². The predicted octanol–water partition coefficient (Wildman–Crippen LogP) is 2.44. The lowest BCUT2D eigenvalue weighted by Gasteiger charge is -2.12. The Kier molecular flexibility index (Phi) is 3.49. The highest BCUT2D eigenvalue weighted by Crippen LogP contribution is 2.14. The maximum absolute atomic E-state index is 4.08. The van der Waals surface area contributed by atoms with Gasteiger partial charge in [0.1, 0.15) is 0 Å². The Morgan fingerprint density at radius 1 is 1.54 bits per heavy atom. The zero-order valence-corrected chi connectivity index (χ0v) is 8.23. The second-order valence-corrected chi connectivity index (χ2v) is 3.11. The molecule has 1 aliphatic rings. The summed E-state index contributed by atoms with van der Waals surface area (Å²) < 4.78 is 0. The fraction of sp³-hybridized carbons (Fsp3) is 0.556. The summed E-state index contributed by atoms with van der Waals surface area (Å²) in [5, 5.41) is 15.5. The molecule has 0 saturated heterocycles. The second-order valence-electron chi connectivity index (χ2n) is 3.11. The zero-order valence-electron chi connectivity index (χ0n) is 8.23. The number of nitrogens with zero attached hydrogens (tertiary/aromatic N) is 4. The average Bonchev–Trinajstić information content (AvgIpc) is 2.15. The molecule has 1 rings (SSSR count). The van der Waals surface area contributed by atoms with Crippen molar-refractivity contribution in [3.05, 3.63) is 11.8 Å². The molecular formula is C9H14N4. The third-order valence-corrected chi connectivity index (χ3v) is 1.76. The van der Waals surface area contributed by atoms with Crippen molar-refractivity contribution in [3.8, 4) is 0 Å². The van der Waals surface area contributed by atoms with Crippen LogP contribution in [0.4, 0.5) is 0 Å². The van der Waals surface area contributed by atoms with Gasteiger partial charge < -0.3 is 0 Å². The third-order valence-electron chi connectivity index (χ3n) is 1.76. The molecule has 4 heteroatoms. The minimum absolute atomic E-state index is 0.385. The summed E-state index contributed by atoms with van der Waals surface area (Å²) >= 11 is 0. The van der Waals surface area contributed by atoms with E-state index in [1.807, 2.05) is 0 Å². The van der Waals surface area contributed by atoms with Gasteiger partial charge in [0.25, 0.3) is 0 Å². The van der Waals surface area contributed by atoms with Crippen molar-refractivity contribution in [3.63, 3.8) is 0 Å². The van der Waals surface area contributed by atoms with E-state index in [-0.39, 0.29) is 0 Å². The molecule has 0 unspecified atom stereocenters. The van der Waals surface area contributed by atoms with Crippen LogP contribution in [0.2, 0.25) is 0 Å². The van der Waals surface area contributed by atoms with Crippen LogP contribution in [-0.4, -0.2) is 19.0 Å². The molecular weight excluding hydrogens is 164 g/mol. The number of azo groups is 1. The monoisotopic (exact) mass is 178 g/mol. The van der Waals surface area contributed by atoms with Crippen LogP contribution in [0.3, 0.4) is 0 Å². The Labute approximate surface area is 78.2 Å². The van der Waals surface area contributed by atoms with Gasteiger partial charge in [-0.05, 0) is 5.92 Å². The minimum atomic E-state index is 0.385. The first-order valence-corrected chi connectivity index (χ1v) is 4.33. The number of allylic oxidation sites excluding steroid dienone is 1. The smallest absolute Gasteiger partial charge is 0.0707 e. The van der Waals surface area contributed by atoms with E-state index in [0.29, 0.717) is 5.92 Å². The number of rotatable bonds is 2. The molecule has 4 nitrogen and oxygen atoms in total. The fourth-order valence-electron chi connectivity index (χ4n) is 1.14. The highest BCUT2D eigenvalue weighted by atomic mass is 15.2. The third kappa shape index (κ3) is 2.57. The fourth-order valence-corrected chi connectivity index (χ4v) is 1.14. The normalized spacial score (nSPS) is 20.3. The second kappa shape index (κ2) is 4.64. The Balaban J connectivity index is 2.87. The van der Waals surface area contributed by atoms with Crippen LogP contribution in [0.25, 0.3) is 0 Å². The van der Waals surface area contributed by atoms with Gasteiger partial charge in [0.15, 0.2) is 0 Å². The van der Waals surface area contributed by atoms with E-state index in [1.54, 1.807) is 19.5 Å². The van der Waals surface area contributed by atoms with E-state index in [4.69, 9.17) is 0 Å². The van der Waals surface area contributed by atoms with E-state index in [1.165, 1.54) is 0 Å². The highest BCUT2D eigenvalue weighted by molar-refractivity contribution is 6.04. The minimum Gasteiger partial charge on any atom is -0.193 e. The van der Waals surface area contributed by atoms with Crippen LogP contribution in [-0.2, 0) is 0 Å². The van der Waals surface area contributed by atoms with Crippen molar-refractivity contribution in [1.29, 1.82) is 0 Å². The van der Waals surface area contributed by atoms with Gasteiger partial charge in [-0.25, -0.2) is 0 Å². The van der Waals surface area contributed by atoms with Crippen LogP contribution in [0.5, 0.6) is 0 Å². The lowest BCUT2D eigenvalue weighted by molar-refractivity contribution is 0.864. The molecule has 0 N–H and O–H groups in total. The van der Waals surface area contributed by atoms with Crippen molar-refractivity contribution in [2.75, 3.05) is 7.05 Å². The molecule has 0 aromatic heterocycles. The molecule has 0 atom stereocenters. The maximum atomic E-state index is 4.08. The molecule has 0 spiro atoms. The molecule has 0 aromatic rings. The standard InChI is InChI=1S/C9H14N4/c1-7(2)9-8(6-12-10-3)4-5-11-13-9/h5-7H,4H2,1-3H3/b8-6+,12-10?. The summed E-state index contributed by atoms with van der Waals surface area (Å²) in [5.74, 6) is 0.385. The quantitative estimate of drug-likeness (QED) is 0.583. The maximum Gasteiger partial charge on any atom is 0.0707 e. The Morgan fingerprint density at radius 2 is 2.31 bits per heavy atom. The molecule has 0 aliphatic carbocycles. The van der Waals surface area contributed by atoms with Gasteiger partial charge >= 0.3 is 0 Å². The van der Waals surface area contributed by atoms with Gasteiger partial charge in [-0.2, -0.15) is 20.4 Å². The van der Waals surface area contributed by atoms with Crippen molar-refractivity contribution in [1.82, 2.24) is 0 Å². The van der Waals surface area contributed by atoms with Crippen LogP contribution in [0.15, 0.2) is 32.2 Å². The highest BCUT2D eigenvalue weighted by Gasteiger charge is 2.13. The molecule has 0 aromatic carbocycles. The summed E-state index contributed by atoms with van der Waals surface area (Å²) in [7, 11) is 1.65. The van der Waals surface area contributed by atoms with E-state index < -0.39 is 0 Å². The van der Waals surface area contributed by atoms with E-state index in [2.05, 4.69) is 34.3 Å². The van der Waals surface area contributed by atoms with Crippen molar-refractivity contribution in [2.24, 2.45) is 26.3 Å². The first-order valence-electron chi connectivity index (χ1n) is 4.33. The molecule has 1 aliphatic heterocycles. The molecule has 0 amide bonds. The molecule has 13 heavy (non-hydrogen) atoms. The lowest BCUT2D eigenvalue weighted by Crippen LogP contribution is -2.13. The molecule has 0 fully saturated rings. The SMILES string of the molecule is CN=N/C=C1\CC=NN=C1C(C)C. The molecule has 0 saturated carbocycles. The first kappa shape index (κ1) is 9.77. The predicted molar refractivity (Wildman–Crippen MR) is 54.2 cm³/mol. The Bertz CT molecular complexity index is 284. The molecule has 1 heterocycles. The summed E-state index contributed by atoms with van der Waals surface area (Å²) in [4.78, 5) is 0. The summed E-state index contributed by atoms with van der Waals surface area (Å²) in [5.41, 5.74) is 2.12. The summed E-state index contributed by atoms with van der Waals surface area (Å²) in [6.07, 6.45) is 4.34. The van der Waals surface area contributed by atoms with Crippen LogP contribution >= 0.6 is 0 Å². The summed E-state index contributed by atoms with van der Waals surface area (Å²) in [6, 6.07) is 0. The van der Waals surface area contributed by atoms with Crippen LogP contribution in [0, 0.1) is 5.92 Å². The van der Waals surface area contributed by atoms with E-state index >= 15 is 0 Å². The lowest BCUT2D eigenvalue weighted by atomic mass is 9.98. The molecule has 70 valence electrons. The van der Waals surface area contributed by atoms with Crippen LogP contribution in [0.1, 0.15) is 20.3 Å². The average molecular weight is 178 g/mol. The van der Waals surface area contributed by atoms with E-state index in [9.17, 15) is 0 Å². The van der Waals surface area contributed by atoms with Gasteiger partial charge in [0, 0.05) is 25.3 Å². The van der Waals surface area contributed by atoms with Crippen molar-refractivity contribution in [2.45, 2.75) is 20.3 Å². The van der Waals surface area contributed by atoms with E-state index in [0.717, 1.165) is 17.7 Å². The molecule has 0 bridgehead atoms. The first-order chi connectivity index (χ1) is 6.25. The van der Waals surface area contributed by atoms with Gasteiger partial charge in [-0.3, -0.25) is 0 Å². The Morgan fingerprint density at radius 3 is 2.92 bits per heavy atom. The van der Waals surface area contributed by atoms with Gasteiger partial charge in [-0.15, -0.1) is 0 Å². The topological polar surface area (TPSA) is 49.4 Å². The molecule has 0 radical (unpaired) electrons. The van der Waals surface area contributed by atoms with Gasteiger partial charge in [-0.1, -0.05) is 13.8 Å². The van der Waals surface area contributed by atoms with Gasteiger partial charge in [0.05, 0.1) is 11.9 Å². The van der Waals surface area contributed by atoms with Gasteiger partial charge in [0.2, 0.25) is 0 Å². The number of hydrogen-bond acceptors (Lipinski definition) is 4. The zero-order chi connectivity index (χ0) is 9.68. The van der Waals surface area contributed by atoms with Crippen molar-refractivity contribution >= 4 is 11.9 Å². The largest absolute Gasteiger partial charge is 0.193 e.